The van der Waals surface area contributed by atoms with Crippen LogP contribution in [0.1, 0.15) is 0 Å². The van der Waals surface area contributed by atoms with Gasteiger partial charge in [-0.15, -0.1) is 0 Å². The zero-order valence-electron chi connectivity index (χ0n) is 21.1. The van der Waals surface area contributed by atoms with E-state index < -0.39 is 91.2 Å². The Morgan fingerprint density at radius 2 is 1.63 bits per heavy atom. The van der Waals surface area contributed by atoms with E-state index in [4.69, 9.17) is 23.4 Å². The lowest BCUT2D eigenvalue weighted by Gasteiger charge is -2.40. The van der Waals surface area contributed by atoms with Crippen LogP contribution in [-0.4, -0.2) is 114 Å². The molecule has 0 radical (unpaired) electrons. The highest BCUT2D eigenvalue weighted by Crippen LogP contribution is 2.37. The highest BCUT2D eigenvalue weighted by atomic mass is 16.7. The largest absolute Gasteiger partial charge is 0.508 e. The maximum atomic E-state index is 13.5. The van der Waals surface area contributed by atoms with Gasteiger partial charge in [-0.25, -0.2) is 0 Å². The number of hydrogen-bond donors (Lipinski definition) is 9. The smallest absolute Gasteiger partial charge is 0.239 e. The van der Waals surface area contributed by atoms with Crippen molar-refractivity contribution in [2.45, 2.75) is 48.7 Å². The van der Waals surface area contributed by atoms with Gasteiger partial charge in [-0.05, 0) is 24.3 Å². The summed E-state index contributed by atoms with van der Waals surface area (Å²) in [5.74, 6) is -1.97. The molecule has 3 aromatic rings. The van der Waals surface area contributed by atoms with Gasteiger partial charge in [0.2, 0.25) is 17.5 Å². The molecule has 8 unspecified atom stereocenters. The molecule has 2 aromatic carbocycles. The number of aliphatic hydroxyl groups is 6. The highest BCUT2D eigenvalue weighted by molar-refractivity contribution is 5.88. The van der Waals surface area contributed by atoms with Crippen molar-refractivity contribution in [3.05, 3.63) is 46.6 Å². The minimum absolute atomic E-state index is 0.102. The first kappa shape index (κ1) is 29.0. The van der Waals surface area contributed by atoms with Gasteiger partial charge in [0.1, 0.15) is 64.3 Å². The van der Waals surface area contributed by atoms with Crippen molar-refractivity contribution >= 4 is 11.0 Å². The van der Waals surface area contributed by atoms with Crippen LogP contribution in [0.4, 0.5) is 0 Å². The Labute approximate surface area is 230 Å². The highest BCUT2D eigenvalue weighted by Gasteiger charge is 2.50. The third-order valence-corrected chi connectivity index (χ3v) is 6.95. The van der Waals surface area contributed by atoms with Gasteiger partial charge in [-0.3, -0.25) is 4.79 Å². The molecule has 2 aliphatic rings. The molecule has 0 amide bonds. The Hall–Kier alpha value is -3.51. The van der Waals surface area contributed by atoms with Crippen LogP contribution < -0.4 is 10.2 Å². The molecule has 3 heterocycles. The number of rotatable bonds is 7. The Balaban J connectivity index is 1.47. The molecule has 2 saturated heterocycles. The zero-order chi connectivity index (χ0) is 29.6. The second-order valence-corrected chi connectivity index (χ2v) is 9.83. The Morgan fingerprint density at radius 3 is 2.29 bits per heavy atom. The van der Waals surface area contributed by atoms with Crippen LogP contribution in [0.15, 0.2) is 45.6 Å². The first-order chi connectivity index (χ1) is 19.4. The van der Waals surface area contributed by atoms with Crippen LogP contribution in [0.5, 0.6) is 23.0 Å². The SMILES string of the molecule is O=c1c(OC2OC(COC3OCC(O)(CO)C3O)C(O)C(O)C2O)c(-c2ccc(O)cc2)oc2cc(O)cc(O)c12. The first-order valence-electron chi connectivity index (χ1n) is 12.4. The topological polar surface area (TPSA) is 249 Å². The molecule has 1 aromatic heterocycles. The van der Waals surface area contributed by atoms with E-state index in [0.29, 0.717) is 0 Å². The maximum absolute atomic E-state index is 13.5. The number of fused-ring (bicyclic) bond motifs is 1. The summed E-state index contributed by atoms with van der Waals surface area (Å²) < 4.78 is 27.6. The van der Waals surface area contributed by atoms with Crippen molar-refractivity contribution in [2.24, 2.45) is 0 Å². The van der Waals surface area contributed by atoms with Crippen LogP contribution in [0, 0.1) is 0 Å². The molecule has 8 atom stereocenters. The van der Waals surface area contributed by atoms with Crippen molar-refractivity contribution in [2.75, 3.05) is 19.8 Å². The van der Waals surface area contributed by atoms with Gasteiger partial charge in [0, 0.05) is 17.7 Å². The lowest BCUT2D eigenvalue weighted by atomic mass is 9.99. The first-order valence-corrected chi connectivity index (χ1v) is 12.4. The van der Waals surface area contributed by atoms with Gasteiger partial charge >= 0.3 is 0 Å². The fourth-order valence-electron chi connectivity index (χ4n) is 4.57. The molecular formula is C26H28O15. The van der Waals surface area contributed by atoms with Crippen LogP contribution in [0.25, 0.3) is 22.3 Å². The molecule has 9 N–H and O–H groups in total. The number of aromatic hydroxyl groups is 3. The predicted octanol–water partition coefficient (Wildman–Crippen LogP) is -1.78. The summed E-state index contributed by atoms with van der Waals surface area (Å²) in [6.45, 7) is -1.82. The molecule has 2 fully saturated rings. The van der Waals surface area contributed by atoms with E-state index in [1.165, 1.54) is 24.3 Å². The molecule has 222 valence electrons. The number of hydrogen-bond acceptors (Lipinski definition) is 15. The third-order valence-electron chi connectivity index (χ3n) is 6.95. The molecule has 0 bridgehead atoms. The predicted molar refractivity (Wildman–Crippen MR) is 134 cm³/mol. The normalized spacial score (nSPS) is 31.9. The minimum atomic E-state index is -1.98. The summed E-state index contributed by atoms with van der Waals surface area (Å²) in [5.41, 5.74) is -2.93. The van der Waals surface area contributed by atoms with Gasteiger partial charge in [0.25, 0.3) is 0 Å². The molecule has 0 saturated carbocycles. The van der Waals surface area contributed by atoms with Gasteiger partial charge in [-0.1, -0.05) is 0 Å². The second-order valence-electron chi connectivity index (χ2n) is 9.83. The summed E-state index contributed by atoms with van der Waals surface area (Å²) in [7, 11) is 0. The molecule has 0 aliphatic carbocycles. The van der Waals surface area contributed by atoms with E-state index in [9.17, 15) is 50.8 Å². The summed E-state index contributed by atoms with van der Waals surface area (Å²) in [6.07, 6.45) is -11.9. The molecular weight excluding hydrogens is 552 g/mol. The quantitative estimate of drug-likeness (QED) is 0.150. The van der Waals surface area contributed by atoms with Gasteiger partial charge in [0.15, 0.2) is 12.1 Å². The summed E-state index contributed by atoms with van der Waals surface area (Å²) in [5, 5.41) is 90.7. The molecule has 15 heteroatoms. The van der Waals surface area contributed by atoms with Gasteiger partial charge < -0.3 is 69.3 Å². The molecule has 5 rings (SSSR count). The average Bonchev–Trinajstić information content (AvgIpc) is 3.23. The van der Waals surface area contributed by atoms with Crippen molar-refractivity contribution in [1.82, 2.24) is 0 Å². The summed E-state index contributed by atoms with van der Waals surface area (Å²) in [4.78, 5) is 13.5. The third kappa shape index (κ3) is 5.30. The Morgan fingerprint density at radius 1 is 0.927 bits per heavy atom. The van der Waals surface area contributed by atoms with Crippen molar-refractivity contribution < 1.29 is 69.3 Å². The number of ether oxygens (including phenoxy) is 4. The Bertz CT molecular complexity index is 1460. The van der Waals surface area contributed by atoms with E-state index in [0.717, 1.165) is 12.1 Å². The lowest BCUT2D eigenvalue weighted by molar-refractivity contribution is -0.289. The summed E-state index contributed by atoms with van der Waals surface area (Å²) >= 11 is 0. The number of aliphatic hydroxyl groups excluding tert-OH is 5. The monoisotopic (exact) mass is 580 g/mol. The molecule has 41 heavy (non-hydrogen) atoms. The van der Waals surface area contributed by atoms with Gasteiger partial charge in [0.05, 0.1) is 19.8 Å². The van der Waals surface area contributed by atoms with Crippen molar-refractivity contribution in [1.29, 1.82) is 0 Å². The maximum Gasteiger partial charge on any atom is 0.239 e. The molecule has 0 spiro atoms. The van der Waals surface area contributed by atoms with Crippen LogP contribution in [-0.2, 0) is 14.2 Å². The average molecular weight is 580 g/mol. The number of benzene rings is 2. The van der Waals surface area contributed by atoms with Crippen molar-refractivity contribution in [3.8, 4) is 34.3 Å². The number of phenolic OH excluding ortho intramolecular Hbond substituents is 3. The van der Waals surface area contributed by atoms with Crippen molar-refractivity contribution in [3.63, 3.8) is 0 Å². The fraction of sp³-hybridized carbons (Fsp3) is 0.423. The van der Waals surface area contributed by atoms with E-state index in [1.807, 2.05) is 0 Å². The zero-order valence-corrected chi connectivity index (χ0v) is 21.1. The van der Waals surface area contributed by atoms with E-state index >= 15 is 0 Å². The van der Waals surface area contributed by atoms with Crippen LogP contribution in [0.2, 0.25) is 0 Å². The van der Waals surface area contributed by atoms with Crippen LogP contribution in [0.3, 0.4) is 0 Å². The summed E-state index contributed by atoms with van der Waals surface area (Å²) in [6, 6.07) is 7.33. The lowest BCUT2D eigenvalue weighted by Crippen LogP contribution is -2.60. The number of phenols is 3. The van der Waals surface area contributed by atoms with E-state index in [1.54, 1.807) is 0 Å². The molecule has 2 aliphatic heterocycles. The Kier molecular flexibility index (Phi) is 7.82. The molecule has 15 nitrogen and oxygen atoms in total. The fourth-order valence-corrected chi connectivity index (χ4v) is 4.57. The van der Waals surface area contributed by atoms with Gasteiger partial charge in [-0.2, -0.15) is 0 Å². The second kappa shape index (κ2) is 11.1. The van der Waals surface area contributed by atoms with E-state index in [2.05, 4.69) is 0 Å². The standard InChI is InChI=1S/C26H28O15/c27-8-26(36)9-38-25(23(26)35)37-7-15-17(31)19(33)20(34)24(40-15)41-22-18(32)16-13(30)5-12(29)6-14(16)39-21(22)10-1-3-11(28)4-2-10/h1-6,15,17,19-20,23-25,27-31,33-36H,7-9H2. The van der Waals surface area contributed by atoms with Crippen LogP contribution >= 0.6 is 0 Å². The van der Waals surface area contributed by atoms with E-state index in [-0.39, 0.29) is 28.0 Å². The minimum Gasteiger partial charge on any atom is -0.508 e.